The van der Waals surface area contributed by atoms with Gasteiger partial charge in [-0.25, -0.2) is 0 Å². The molecular formula is C11H16N2O3S. The number of nitrogens with zero attached hydrogens (tertiary/aromatic N) is 1. The van der Waals surface area contributed by atoms with E-state index in [4.69, 9.17) is 5.11 Å². The average molecular weight is 256 g/mol. The molecule has 0 aliphatic heterocycles. The van der Waals surface area contributed by atoms with Crippen LogP contribution in [0.3, 0.4) is 0 Å². The highest BCUT2D eigenvalue weighted by Crippen LogP contribution is 2.08. The van der Waals surface area contributed by atoms with Crippen molar-refractivity contribution in [1.29, 1.82) is 0 Å². The van der Waals surface area contributed by atoms with Gasteiger partial charge in [0.25, 0.3) is 0 Å². The number of carbonyl (C=O) groups is 2. The minimum atomic E-state index is -0.960. The maximum atomic E-state index is 11.7. The Hall–Kier alpha value is -1.40. The molecule has 1 unspecified atom stereocenters. The van der Waals surface area contributed by atoms with Gasteiger partial charge in [0.2, 0.25) is 5.91 Å². The van der Waals surface area contributed by atoms with Crippen LogP contribution in [0.5, 0.6) is 0 Å². The van der Waals surface area contributed by atoms with Crippen molar-refractivity contribution in [2.24, 2.45) is 0 Å². The van der Waals surface area contributed by atoms with E-state index >= 15 is 0 Å². The third-order valence-corrected chi connectivity index (χ3v) is 3.09. The predicted molar refractivity (Wildman–Crippen MR) is 65.9 cm³/mol. The molecule has 1 atom stereocenters. The highest BCUT2D eigenvalue weighted by atomic mass is 32.1. The van der Waals surface area contributed by atoms with Gasteiger partial charge in [-0.3, -0.25) is 14.9 Å². The lowest BCUT2D eigenvalue weighted by Crippen LogP contribution is -2.41. The number of thiophene rings is 1. The molecule has 0 fully saturated rings. The van der Waals surface area contributed by atoms with Crippen molar-refractivity contribution in [1.82, 2.24) is 10.2 Å². The van der Waals surface area contributed by atoms with Crippen LogP contribution in [0.15, 0.2) is 16.8 Å². The molecule has 1 aromatic rings. The number of amides is 1. The van der Waals surface area contributed by atoms with E-state index in [1.807, 2.05) is 16.8 Å². The summed E-state index contributed by atoms with van der Waals surface area (Å²) in [5.41, 5.74) is 1.08. The number of aliphatic carboxylic acids is 1. The van der Waals surface area contributed by atoms with Crippen molar-refractivity contribution in [3.05, 3.63) is 22.4 Å². The van der Waals surface area contributed by atoms with Crippen molar-refractivity contribution in [3.63, 3.8) is 0 Å². The Morgan fingerprint density at radius 3 is 2.82 bits per heavy atom. The minimum absolute atomic E-state index is 0.0358. The second-order valence-corrected chi connectivity index (χ2v) is 4.60. The summed E-state index contributed by atoms with van der Waals surface area (Å²) in [6, 6.07) is 1.25. The molecule has 2 N–H and O–H groups in total. The monoisotopic (exact) mass is 256 g/mol. The van der Waals surface area contributed by atoms with Crippen LogP contribution in [0.25, 0.3) is 0 Å². The SMILES string of the molecule is CC(NCC(=O)N(C)Cc1ccsc1)C(=O)O. The summed E-state index contributed by atoms with van der Waals surface area (Å²) in [4.78, 5) is 23.8. The van der Waals surface area contributed by atoms with Gasteiger partial charge in [0.1, 0.15) is 6.04 Å². The summed E-state index contributed by atoms with van der Waals surface area (Å²) in [6.45, 7) is 2.09. The molecule has 1 rings (SSSR count). The van der Waals surface area contributed by atoms with Crippen molar-refractivity contribution in [2.75, 3.05) is 13.6 Å². The second-order valence-electron chi connectivity index (χ2n) is 3.82. The number of carboxylic acid groups (broad SMARTS) is 1. The van der Waals surface area contributed by atoms with Crippen molar-refractivity contribution in [2.45, 2.75) is 19.5 Å². The van der Waals surface area contributed by atoms with Gasteiger partial charge in [0.15, 0.2) is 0 Å². The zero-order valence-corrected chi connectivity index (χ0v) is 10.7. The first-order valence-electron chi connectivity index (χ1n) is 5.22. The van der Waals surface area contributed by atoms with Crippen molar-refractivity contribution < 1.29 is 14.7 Å². The van der Waals surface area contributed by atoms with Gasteiger partial charge in [0.05, 0.1) is 6.54 Å². The van der Waals surface area contributed by atoms with Crippen molar-refractivity contribution >= 4 is 23.2 Å². The molecular weight excluding hydrogens is 240 g/mol. The van der Waals surface area contributed by atoms with E-state index in [1.165, 1.54) is 6.92 Å². The van der Waals surface area contributed by atoms with Gasteiger partial charge in [-0.05, 0) is 29.3 Å². The van der Waals surface area contributed by atoms with Crippen LogP contribution in [0.1, 0.15) is 12.5 Å². The van der Waals surface area contributed by atoms with E-state index in [2.05, 4.69) is 5.32 Å². The van der Waals surface area contributed by atoms with E-state index in [0.29, 0.717) is 6.54 Å². The Morgan fingerprint density at radius 2 is 2.29 bits per heavy atom. The summed E-state index contributed by atoms with van der Waals surface area (Å²) in [5, 5.41) is 15.2. The number of carbonyl (C=O) groups excluding carboxylic acids is 1. The Labute approximate surface area is 104 Å². The highest BCUT2D eigenvalue weighted by Gasteiger charge is 2.14. The number of nitrogens with one attached hydrogen (secondary N) is 1. The molecule has 0 aromatic carbocycles. The quantitative estimate of drug-likeness (QED) is 0.788. The van der Waals surface area contributed by atoms with Gasteiger partial charge < -0.3 is 10.0 Å². The summed E-state index contributed by atoms with van der Waals surface area (Å²) in [6.07, 6.45) is 0. The molecule has 0 aliphatic carbocycles. The summed E-state index contributed by atoms with van der Waals surface area (Å²) in [7, 11) is 1.70. The first-order valence-corrected chi connectivity index (χ1v) is 6.16. The standard InChI is InChI=1S/C11H16N2O3S/c1-8(11(15)16)12-5-10(14)13(2)6-9-3-4-17-7-9/h3-4,7-8,12H,5-6H2,1-2H3,(H,15,16). The van der Waals surface area contributed by atoms with Crippen LogP contribution < -0.4 is 5.32 Å². The van der Waals surface area contributed by atoms with E-state index in [9.17, 15) is 9.59 Å². The Kier molecular flexibility index (Phi) is 5.11. The van der Waals surface area contributed by atoms with Gasteiger partial charge >= 0.3 is 5.97 Å². The molecule has 1 aromatic heterocycles. The Balaban J connectivity index is 2.34. The smallest absolute Gasteiger partial charge is 0.320 e. The van der Waals surface area contributed by atoms with Crippen LogP contribution in [0.2, 0.25) is 0 Å². The maximum absolute atomic E-state index is 11.7. The molecule has 1 heterocycles. The normalized spacial score (nSPS) is 12.1. The van der Waals surface area contributed by atoms with E-state index < -0.39 is 12.0 Å². The predicted octanol–water partition coefficient (Wildman–Crippen LogP) is 0.769. The number of rotatable bonds is 6. The van der Waals surface area contributed by atoms with Gasteiger partial charge in [-0.15, -0.1) is 0 Å². The average Bonchev–Trinajstić information content (AvgIpc) is 2.77. The summed E-state index contributed by atoms with van der Waals surface area (Å²) >= 11 is 1.58. The van der Waals surface area contributed by atoms with Crippen LogP contribution in [0, 0.1) is 0 Å². The fourth-order valence-electron chi connectivity index (χ4n) is 1.21. The fraction of sp³-hybridized carbons (Fsp3) is 0.455. The Morgan fingerprint density at radius 1 is 1.59 bits per heavy atom. The van der Waals surface area contributed by atoms with Crippen LogP contribution in [0.4, 0.5) is 0 Å². The summed E-state index contributed by atoms with van der Waals surface area (Å²) in [5.74, 6) is -1.08. The molecule has 0 spiro atoms. The van der Waals surface area contributed by atoms with Crippen LogP contribution in [-0.2, 0) is 16.1 Å². The molecule has 0 saturated carbocycles. The maximum Gasteiger partial charge on any atom is 0.320 e. The van der Waals surface area contributed by atoms with Gasteiger partial charge in [0, 0.05) is 13.6 Å². The number of hydrogen-bond acceptors (Lipinski definition) is 4. The largest absolute Gasteiger partial charge is 0.480 e. The zero-order chi connectivity index (χ0) is 12.8. The molecule has 0 bridgehead atoms. The Bertz CT molecular complexity index is 378. The van der Waals surface area contributed by atoms with Crippen molar-refractivity contribution in [3.8, 4) is 0 Å². The molecule has 6 heteroatoms. The number of hydrogen-bond donors (Lipinski definition) is 2. The number of likely N-dealkylation sites (N-methyl/N-ethyl adjacent to an activating group) is 1. The summed E-state index contributed by atoms with van der Waals surface area (Å²) < 4.78 is 0. The lowest BCUT2D eigenvalue weighted by Gasteiger charge is -2.17. The van der Waals surface area contributed by atoms with Crippen LogP contribution in [-0.4, -0.2) is 41.5 Å². The molecule has 0 aliphatic rings. The lowest BCUT2D eigenvalue weighted by molar-refractivity contribution is -0.139. The molecule has 94 valence electrons. The van der Waals surface area contributed by atoms with E-state index in [-0.39, 0.29) is 12.5 Å². The topological polar surface area (TPSA) is 69.6 Å². The second kappa shape index (κ2) is 6.36. The molecule has 1 amide bonds. The van der Waals surface area contributed by atoms with Gasteiger partial charge in [-0.2, -0.15) is 11.3 Å². The lowest BCUT2D eigenvalue weighted by atomic mass is 10.3. The third-order valence-electron chi connectivity index (χ3n) is 2.36. The molecule has 0 saturated heterocycles. The van der Waals surface area contributed by atoms with E-state index in [0.717, 1.165) is 5.56 Å². The fourth-order valence-corrected chi connectivity index (χ4v) is 1.87. The highest BCUT2D eigenvalue weighted by molar-refractivity contribution is 7.07. The molecule has 5 nitrogen and oxygen atoms in total. The molecule has 17 heavy (non-hydrogen) atoms. The van der Waals surface area contributed by atoms with Gasteiger partial charge in [-0.1, -0.05) is 0 Å². The first kappa shape index (κ1) is 13.7. The van der Waals surface area contributed by atoms with E-state index in [1.54, 1.807) is 23.3 Å². The number of carboxylic acids is 1. The first-order chi connectivity index (χ1) is 8.00. The molecule has 0 radical (unpaired) electrons. The van der Waals surface area contributed by atoms with Crippen LogP contribution >= 0.6 is 11.3 Å². The third kappa shape index (κ3) is 4.54. The minimum Gasteiger partial charge on any atom is -0.480 e. The zero-order valence-electron chi connectivity index (χ0n) is 9.84.